The smallest absolute Gasteiger partial charge is 0.126 e. The summed E-state index contributed by atoms with van der Waals surface area (Å²) in [5.74, 6) is -0.767. The average molecular weight is 229 g/mol. The molecule has 0 amide bonds. The van der Waals surface area contributed by atoms with Crippen molar-refractivity contribution in [2.45, 2.75) is 18.9 Å². The minimum absolute atomic E-state index is 0.0938. The van der Waals surface area contributed by atoms with Gasteiger partial charge in [-0.15, -0.1) is 0 Å². The van der Waals surface area contributed by atoms with Crippen LogP contribution in [-0.2, 0) is 11.2 Å². The second kappa shape index (κ2) is 6.55. The van der Waals surface area contributed by atoms with Crippen molar-refractivity contribution in [3.05, 3.63) is 35.4 Å². The third-order valence-corrected chi connectivity index (χ3v) is 2.55. The van der Waals surface area contributed by atoms with Gasteiger partial charge in [-0.25, -0.2) is 8.78 Å². The van der Waals surface area contributed by atoms with E-state index in [1.165, 1.54) is 6.07 Å². The standard InChI is InChI=1S/C12H17F2NO/c1-15-11(5-6-16-2)8-9-7-10(13)3-4-12(9)14/h3-4,7,11,15H,5-6,8H2,1-2H3. The Morgan fingerprint density at radius 1 is 1.38 bits per heavy atom. The van der Waals surface area contributed by atoms with Gasteiger partial charge in [-0.3, -0.25) is 0 Å². The fourth-order valence-corrected chi connectivity index (χ4v) is 1.57. The van der Waals surface area contributed by atoms with Crippen molar-refractivity contribution < 1.29 is 13.5 Å². The molecule has 1 N–H and O–H groups in total. The van der Waals surface area contributed by atoms with Crippen molar-refractivity contribution >= 4 is 0 Å². The fourth-order valence-electron chi connectivity index (χ4n) is 1.57. The van der Waals surface area contributed by atoms with Gasteiger partial charge >= 0.3 is 0 Å². The van der Waals surface area contributed by atoms with Crippen LogP contribution < -0.4 is 5.32 Å². The lowest BCUT2D eigenvalue weighted by Crippen LogP contribution is -2.29. The summed E-state index contributed by atoms with van der Waals surface area (Å²) in [5.41, 5.74) is 0.399. The van der Waals surface area contributed by atoms with E-state index in [2.05, 4.69) is 5.32 Å². The molecule has 0 aromatic heterocycles. The molecule has 0 aliphatic rings. The van der Waals surface area contributed by atoms with Gasteiger partial charge < -0.3 is 10.1 Å². The Morgan fingerprint density at radius 2 is 2.12 bits per heavy atom. The van der Waals surface area contributed by atoms with Crippen LogP contribution in [-0.4, -0.2) is 26.8 Å². The van der Waals surface area contributed by atoms with Crippen LogP contribution in [0.15, 0.2) is 18.2 Å². The zero-order valence-electron chi connectivity index (χ0n) is 9.59. The van der Waals surface area contributed by atoms with Crippen LogP contribution in [0.1, 0.15) is 12.0 Å². The van der Waals surface area contributed by atoms with Gasteiger partial charge in [0, 0.05) is 19.8 Å². The number of benzene rings is 1. The van der Waals surface area contributed by atoms with Crippen LogP contribution in [0.5, 0.6) is 0 Å². The van der Waals surface area contributed by atoms with Crippen LogP contribution in [0.3, 0.4) is 0 Å². The summed E-state index contributed by atoms with van der Waals surface area (Å²) in [6.45, 7) is 0.600. The molecule has 16 heavy (non-hydrogen) atoms. The maximum Gasteiger partial charge on any atom is 0.126 e. The highest BCUT2D eigenvalue weighted by molar-refractivity contribution is 5.19. The highest BCUT2D eigenvalue weighted by Crippen LogP contribution is 2.13. The summed E-state index contributed by atoms with van der Waals surface area (Å²) in [4.78, 5) is 0. The number of hydrogen-bond acceptors (Lipinski definition) is 2. The Morgan fingerprint density at radius 3 is 2.75 bits per heavy atom. The Hall–Kier alpha value is -1.00. The van der Waals surface area contributed by atoms with Crippen molar-refractivity contribution in [3.63, 3.8) is 0 Å². The summed E-state index contributed by atoms with van der Waals surface area (Å²) < 4.78 is 31.3. The summed E-state index contributed by atoms with van der Waals surface area (Å²) in [5, 5.41) is 3.06. The predicted molar refractivity (Wildman–Crippen MR) is 59.4 cm³/mol. The number of methoxy groups -OCH3 is 1. The van der Waals surface area contributed by atoms with Crippen molar-refractivity contribution in [1.29, 1.82) is 0 Å². The zero-order valence-corrected chi connectivity index (χ0v) is 9.59. The molecule has 0 heterocycles. The molecule has 0 spiro atoms. The third kappa shape index (κ3) is 3.87. The van der Waals surface area contributed by atoms with E-state index >= 15 is 0 Å². The molecule has 1 aromatic carbocycles. The van der Waals surface area contributed by atoms with E-state index < -0.39 is 5.82 Å². The van der Waals surface area contributed by atoms with E-state index in [1.807, 2.05) is 0 Å². The quantitative estimate of drug-likeness (QED) is 0.807. The minimum Gasteiger partial charge on any atom is -0.385 e. The Balaban J connectivity index is 2.65. The van der Waals surface area contributed by atoms with E-state index in [0.717, 1.165) is 18.6 Å². The molecule has 0 radical (unpaired) electrons. The third-order valence-electron chi connectivity index (χ3n) is 2.55. The highest BCUT2D eigenvalue weighted by atomic mass is 19.1. The molecule has 0 saturated heterocycles. The minimum atomic E-state index is -0.405. The molecule has 4 heteroatoms. The van der Waals surface area contributed by atoms with Gasteiger partial charge in [0.05, 0.1) is 0 Å². The van der Waals surface area contributed by atoms with Gasteiger partial charge in [-0.1, -0.05) is 0 Å². The van der Waals surface area contributed by atoms with Crippen LogP contribution in [0.4, 0.5) is 8.78 Å². The Labute approximate surface area is 94.6 Å². The Bertz CT molecular complexity index is 331. The maximum absolute atomic E-state index is 13.4. The fraction of sp³-hybridized carbons (Fsp3) is 0.500. The van der Waals surface area contributed by atoms with Crippen LogP contribution in [0.25, 0.3) is 0 Å². The van der Waals surface area contributed by atoms with Crippen LogP contribution in [0, 0.1) is 11.6 Å². The lowest BCUT2D eigenvalue weighted by Gasteiger charge is -2.16. The predicted octanol–water partition coefficient (Wildman–Crippen LogP) is 2.13. The summed E-state index contributed by atoms with van der Waals surface area (Å²) in [6, 6.07) is 3.62. The monoisotopic (exact) mass is 229 g/mol. The number of halogens is 2. The number of nitrogens with one attached hydrogen (secondary N) is 1. The number of rotatable bonds is 6. The van der Waals surface area contributed by atoms with Crippen molar-refractivity contribution in [2.24, 2.45) is 0 Å². The topological polar surface area (TPSA) is 21.3 Å². The first kappa shape index (κ1) is 13.1. The first-order valence-corrected chi connectivity index (χ1v) is 5.27. The second-order valence-corrected chi connectivity index (χ2v) is 3.71. The Kier molecular flexibility index (Phi) is 5.35. The molecule has 2 nitrogen and oxygen atoms in total. The first-order chi connectivity index (χ1) is 7.67. The maximum atomic E-state index is 13.4. The molecular formula is C12H17F2NO. The van der Waals surface area contributed by atoms with Crippen LogP contribution in [0.2, 0.25) is 0 Å². The van der Waals surface area contributed by atoms with Gasteiger partial charge in [0.1, 0.15) is 11.6 Å². The van der Waals surface area contributed by atoms with E-state index in [0.29, 0.717) is 18.6 Å². The lowest BCUT2D eigenvalue weighted by atomic mass is 10.0. The molecule has 0 saturated carbocycles. The number of ether oxygens (including phenoxy) is 1. The number of likely N-dealkylation sites (N-methyl/N-ethyl adjacent to an activating group) is 1. The second-order valence-electron chi connectivity index (χ2n) is 3.71. The zero-order chi connectivity index (χ0) is 12.0. The van der Waals surface area contributed by atoms with E-state index in [4.69, 9.17) is 4.74 Å². The molecule has 1 rings (SSSR count). The van der Waals surface area contributed by atoms with E-state index in [9.17, 15) is 8.78 Å². The summed E-state index contributed by atoms with van der Waals surface area (Å²) in [7, 11) is 3.42. The van der Waals surface area contributed by atoms with Crippen LogP contribution >= 0.6 is 0 Å². The molecular weight excluding hydrogens is 212 g/mol. The largest absolute Gasteiger partial charge is 0.385 e. The SMILES string of the molecule is CNC(CCOC)Cc1cc(F)ccc1F. The number of hydrogen-bond donors (Lipinski definition) is 1. The molecule has 1 aromatic rings. The van der Waals surface area contributed by atoms with Crippen molar-refractivity contribution in [3.8, 4) is 0 Å². The molecule has 0 aliphatic carbocycles. The van der Waals surface area contributed by atoms with Gasteiger partial charge in [-0.05, 0) is 43.7 Å². The highest BCUT2D eigenvalue weighted by Gasteiger charge is 2.11. The first-order valence-electron chi connectivity index (χ1n) is 5.27. The van der Waals surface area contributed by atoms with Gasteiger partial charge in [0.2, 0.25) is 0 Å². The van der Waals surface area contributed by atoms with Crippen molar-refractivity contribution in [1.82, 2.24) is 5.32 Å². The summed E-state index contributed by atoms with van der Waals surface area (Å²) in [6.07, 6.45) is 1.23. The van der Waals surface area contributed by atoms with E-state index in [1.54, 1.807) is 14.2 Å². The van der Waals surface area contributed by atoms with Gasteiger partial charge in [0.25, 0.3) is 0 Å². The average Bonchev–Trinajstić information content (AvgIpc) is 2.28. The molecule has 90 valence electrons. The lowest BCUT2D eigenvalue weighted by molar-refractivity contribution is 0.183. The normalized spacial score (nSPS) is 12.8. The summed E-state index contributed by atoms with van der Waals surface area (Å²) >= 11 is 0. The molecule has 0 bridgehead atoms. The van der Waals surface area contributed by atoms with Crippen molar-refractivity contribution in [2.75, 3.05) is 20.8 Å². The molecule has 0 fully saturated rings. The van der Waals surface area contributed by atoms with E-state index in [-0.39, 0.29) is 11.9 Å². The molecule has 1 unspecified atom stereocenters. The van der Waals surface area contributed by atoms with Gasteiger partial charge in [-0.2, -0.15) is 0 Å². The van der Waals surface area contributed by atoms with Gasteiger partial charge in [0.15, 0.2) is 0 Å². The molecule has 0 aliphatic heterocycles. The molecule has 1 atom stereocenters.